The van der Waals surface area contributed by atoms with E-state index in [1.54, 1.807) is 30.5 Å². The van der Waals surface area contributed by atoms with Crippen LogP contribution in [0.15, 0.2) is 36.7 Å². The minimum absolute atomic E-state index is 0.0686. The molecule has 2 aromatic heterocycles. The van der Waals surface area contributed by atoms with E-state index in [4.69, 9.17) is 5.26 Å². The number of fused-ring (bicyclic) bond motifs is 1. The Kier molecular flexibility index (Phi) is 7.37. The molecule has 7 nitrogen and oxygen atoms in total. The topological polar surface area (TPSA) is 99.2 Å². The van der Waals surface area contributed by atoms with Crippen molar-refractivity contribution in [2.45, 2.75) is 50.8 Å². The lowest BCUT2D eigenvalue weighted by Crippen LogP contribution is -2.41. The molecule has 1 aliphatic heterocycles. The number of benzene rings is 1. The average Bonchev–Trinajstić information content (AvgIpc) is 3.22. The zero-order valence-electron chi connectivity index (χ0n) is 20.5. The van der Waals surface area contributed by atoms with Crippen LogP contribution in [0.1, 0.15) is 57.8 Å². The van der Waals surface area contributed by atoms with Gasteiger partial charge in [-0.3, -0.25) is 9.59 Å². The van der Waals surface area contributed by atoms with E-state index in [1.807, 2.05) is 30.8 Å². The highest BCUT2D eigenvalue weighted by Gasteiger charge is 2.40. The number of Topliss-reactive ketones (excluding diaryl/α,β-unsaturated/α-hetero) is 1. The number of aryl methyl sites for hydroxylation is 2. The Morgan fingerprint density at radius 2 is 1.97 bits per heavy atom. The van der Waals surface area contributed by atoms with Gasteiger partial charge in [0.15, 0.2) is 11.9 Å². The second-order valence-corrected chi connectivity index (χ2v) is 9.51. The molecule has 1 saturated heterocycles. The van der Waals surface area contributed by atoms with Gasteiger partial charge in [-0.05, 0) is 54.5 Å². The lowest BCUT2D eigenvalue weighted by atomic mass is 9.87. The Morgan fingerprint density at radius 3 is 2.62 bits per heavy atom. The molecule has 3 heterocycles. The summed E-state index contributed by atoms with van der Waals surface area (Å²) >= 11 is 0. The van der Waals surface area contributed by atoms with Crippen molar-refractivity contribution in [3.63, 3.8) is 0 Å². The van der Waals surface area contributed by atoms with Gasteiger partial charge >= 0.3 is 6.18 Å². The lowest BCUT2D eigenvalue weighted by Gasteiger charge is -2.32. The Bertz CT molecular complexity index is 1380. The Labute approximate surface area is 212 Å². The highest BCUT2D eigenvalue weighted by Crippen LogP contribution is 2.36. The summed E-state index contributed by atoms with van der Waals surface area (Å²) in [5, 5.41) is 19.3. The molecule has 1 aromatic carbocycles. The summed E-state index contributed by atoms with van der Waals surface area (Å²) in [5.41, 5.74) is 4.38. The summed E-state index contributed by atoms with van der Waals surface area (Å²) in [6.07, 6.45) is -3.50. The van der Waals surface area contributed by atoms with E-state index in [9.17, 15) is 27.9 Å². The zero-order valence-corrected chi connectivity index (χ0v) is 20.5. The molecule has 0 saturated carbocycles. The number of hydrogen-bond donors (Lipinski definition) is 1. The van der Waals surface area contributed by atoms with Crippen molar-refractivity contribution in [3.8, 4) is 6.07 Å². The molecule has 0 spiro atoms. The van der Waals surface area contributed by atoms with Crippen LogP contribution in [-0.4, -0.2) is 56.6 Å². The number of rotatable bonds is 6. The smallest absolute Gasteiger partial charge is 0.383 e. The number of amides is 1. The molecular formula is C27H27F3N4O3. The SMILES string of the molecule is Cc1c(CC(=O)c2cccc(C#N)c2)cnc2c1c(C1CCN(C(=O)C[C@@H](O)C(F)(F)F)CC1)cn2C. The fourth-order valence-corrected chi connectivity index (χ4v) is 4.95. The van der Waals surface area contributed by atoms with Crippen LogP contribution in [0.25, 0.3) is 11.0 Å². The maximum atomic E-state index is 12.9. The van der Waals surface area contributed by atoms with E-state index in [0.717, 1.165) is 27.7 Å². The maximum absolute atomic E-state index is 12.9. The van der Waals surface area contributed by atoms with Crippen molar-refractivity contribution in [3.05, 3.63) is 64.5 Å². The van der Waals surface area contributed by atoms with Gasteiger partial charge in [-0.1, -0.05) is 12.1 Å². The molecule has 1 aliphatic rings. The highest BCUT2D eigenvalue weighted by molar-refractivity contribution is 5.98. The normalized spacial score (nSPS) is 15.5. The lowest BCUT2D eigenvalue weighted by molar-refractivity contribution is -0.207. The number of ketones is 1. The number of pyridine rings is 1. The molecule has 10 heteroatoms. The average molecular weight is 513 g/mol. The van der Waals surface area contributed by atoms with Crippen LogP contribution >= 0.6 is 0 Å². The molecule has 0 radical (unpaired) electrons. The minimum atomic E-state index is -4.82. The number of piperidine rings is 1. The Morgan fingerprint density at radius 1 is 1.27 bits per heavy atom. The van der Waals surface area contributed by atoms with Crippen LogP contribution < -0.4 is 0 Å². The predicted octanol–water partition coefficient (Wildman–Crippen LogP) is 4.20. The van der Waals surface area contributed by atoms with E-state index < -0.39 is 24.6 Å². The maximum Gasteiger partial charge on any atom is 0.414 e. The number of halogens is 3. The van der Waals surface area contributed by atoms with E-state index in [2.05, 4.69) is 4.98 Å². The number of alkyl halides is 3. The van der Waals surface area contributed by atoms with Crippen molar-refractivity contribution in [2.75, 3.05) is 13.1 Å². The highest BCUT2D eigenvalue weighted by atomic mass is 19.4. The van der Waals surface area contributed by atoms with Gasteiger partial charge in [-0.2, -0.15) is 18.4 Å². The number of aromatic nitrogens is 2. The summed E-state index contributed by atoms with van der Waals surface area (Å²) in [4.78, 5) is 31.2. The third-order valence-electron chi connectivity index (χ3n) is 7.08. The second-order valence-electron chi connectivity index (χ2n) is 9.51. The summed E-state index contributed by atoms with van der Waals surface area (Å²) < 4.78 is 39.8. The van der Waals surface area contributed by atoms with Crippen LogP contribution in [-0.2, 0) is 18.3 Å². The summed E-state index contributed by atoms with van der Waals surface area (Å²) in [6.45, 7) is 2.54. The number of carbonyl (C=O) groups is 2. The Balaban J connectivity index is 1.53. The first-order valence-electron chi connectivity index (χ1n) is 12.0. The van der Waals surface area contributed by atoms with Crippen LogP contribution in [0.4, 0.5) is 13.2 Å². The van der Waals surface area contributed by atoms with Crippen LogP contribution in [0.5, 0.6) is 0 Å². The molecule has 194 valence electrons. The second kappa shape index (κ2) is 10.3. The van der Waals surface area contributed by atoms with Gasteiger partial charge in [0.05, 0.1) is 18.1 Å². The third-order valence-corrected chi connectivity index (χ3v) is 7.08. The fourth-order valence-electron chi connectivity index (χ4n) is 4.95. The van der Waals surface area contributed by atoms with Crippen molar-refractivity contribution in [2.24, 2.45) is 7.05 Å². The number of carbonyl (C=O) groups excluding carboxylic acids is 2. The first-order chi connectivity index (χ1) is 17.5. The summed E-state index contributed by atoms with van der Waals surface area (Å²) in [5.74, 6) is -0.758. The molecule has 37 heavy (non-hydrogen) atoms. The van der Waals surface area contributed by atoms with Crippen LogP contribution in [0.2, 0.25) is 0 Å². The third kappa shape index (κ3) is 5.52. The van der Waals surface area contributed by atoms with Crippen molar-refractivity contribution < 1.29 is 27.9 Å². The molecule has 1 fully saturated rings. The number of nitrogens with zero attached hydrogens (tertiary/aromatic N) is 4. The number of nitriles is 1. The number of aliphatic hydroxyl groups excluding tert-OH is 1. The molecule has 0 unspecified atom stereocenters. The zero-order chi connectivity index (χ0) is 26.9. The molecular weight excluding hydrogens is 485 g/mol. The monoisotopic (exact) mass is 512 g/mol. The van der Waals surface area contributed by atoms with Crippen molar-refractivity contribution in [1.29, 1.82) is 5.26 Å². The molecule has 0 aliphatic carbocycles. The van der Waals surface area contributed by atoms with Gasteiger partial charge in [0, 0.05) is 49.9 Å². The summed E-state index contributed by atoms with van der Waals surface area (Å²) in [6, 6.07) is 8.61. The first-order valence-corrected chi connectivity index (χ1v) is 12.0. The van der Waals surface area contributed by atoms with E-state index >= 15 is 0 Å². The standard InChI is InChI=1S/C27H27F3N4O3/c1-16-20(11-22(35)19-5-3-4-17(10-19)13-31)14-32-26-25(16)21(15-33(26)2)18-6-8-34(9-7-18)24(37)12-23(36)27(28,29)30/h3-5,10,14-15,18,23,36H,6-9,11-12H2,1-2H3/t23-/m1/s1. The first kappa shape index (κ1) is 26.4. The Hall–Kier alpha value is -3.71. The van der Waals surface area contributed by atoms with Gasteiger partial charge < -0.3 is 14.6 Å². The van der Waals surface area contributed by atoms with Gasteiger partial charge in [0.1, 0.15) is 5.65 Å². The van der Waals surface area contributed by atoms with Gasteiger partial charge in [0.25, 0.3) is 0 Å². The van der Waals surface area contributed by atoms with Gasteiger partial charge in [0.2, 0.25) is 5.91 Å². The summed E-state index contributed by atoms with van der Waals surface area (Å²) in [7, 11) is 1.88. The van der Waals surface area contributed by atoms with E-state index in [-0.39, 0.29) is 18.1 Å². The van der Waals surface area contributed by atoms with Crippen molar-refractivity contribution in [1.82, 2.24) is 14.5 Å². The van der Waals surface area contributed by atoms with Crippen LogP contribution in [0, 0.1) is 18.3 Å². The molecule has 1 amide bonds. The fraction of sp³-hybridized carbons (Fsp3) is 0.407. The molecule has 4 rings (SSSR count). The van der Waals surface area contributed by atoms with Gasteiger partial charge in [-0.25, -0.2) is 4.98 Å². The van der Waals surface area contributed by atoms with E-state index in [1.165, 1.54) is 4.90 Å². The molecule has 0 bridgehead atoms. The quantitative estimate of drug-likeness (QED) is 0.499. The number of hydrogen-bond acceptors (Lipinski definition) is 5. The predicted molar refractivity (Wildman–Crippen MR) is 130 cm³/mol. The van der Waals surface area contributed by atoms with Gasteiger partial charge in [-0.15, -0.1) is 0 Å². The van der Waals surface area contributed by atoms with Crippen LogP contribution in [0.3, 0.4) is 0 Å². The molecule has 1 atom stereocenters. The van der Waals surface area contributed by atoms with Crippen molar-refractivity contribution >= 4 is 22.7 Å². The molecule has 1 N–H and O–H groups in total. The van der Waals surface area contributed by atoms with E-state index in [0.29, 0.717) is 37.1 Å². The number of likely N-dealkylation sites (tertiary alicyclic amines) is 1. The largest absolute Gasteiger partial charge is 0.414 e. The number of aliphatic hydroxyl groups is 1. The minimum Gasteiger partial charge on any atom is -0.383 e. The molecule has 3 aromatic rings.